The van der Waals surface area contributed by atoms with Crippen molar-refractivity contribution in [3.05, 3.63) is 35.6 Å². The maximum atomic E-state index is 9.18. The topological polar surface area (TPSA) is 113 Å². The molecule has 0 atom stereocenters. The van der Waals surface area contributed by atoms with Crippen molar-refractivity contribution in [2.45, 2.75) is 20.3 Å². The van der Waals surface area contributed by atoms with Crippen molar-refractivity contribution in [2.24, 2.45) is 4.99 Å². The van der Waals surface area contributed by atoms with Gasteiger partial charge < -0.3 is 30.7 Å². The van der Waals surface area contributed by atoms with Crippen LogP contribution in [0.1, 0.15) is 18.9 Å². The van der Waals surface area contributed by atoms with E-state index in [1.54, 1.807) is 6.08 Å². The molecule has 0 saturated heterocycles. The van der Waals surface area contributed by atoms with E-state index in [0.29, 0.717) is 42.6 Å². The molecule has 26 heavy (non-hydrogen) atoms. The molecule has 4 N–H and O–H groups in total. The molecule has 7 nitrogen and oxygen atoms in total. The first-order chi connectivity index (χ1) is 12.5. The van der Waals surface area contributed by atoms with E-state index < -0.39 is 0 Å². The summed E-state index contributed by atoms with van der Waals surface area (Å²) in [5.74, 6) is 0.466. The Labute approximate surface area is 153 Å². The summed E-state index contributed by atoms with van der Waals surface area (Å²) in [6.45, 7) is 5.17. The van der Waals surface area contributed by atoms with E-state index >= 15 is 0 Å². The maximum absolute atomic E-state index is 9.18. The van der Waals surface area contributed by atoms with Gasteiger partial charge in [-0.2, -0.15) is 0 Å². The highest BCUT2D eigenvalue weighted by molar-refractivity contribution is 6.51. The van der Waals surface area contributed by atoms with Gasteiger partial charge in [-0.15, -0.1) is 0 Å². The first-order valence-electron chi connectivity index (χ1n) is 8.66. The van der Waals surface area contributed by atoms with Crippen LogP contribution in [0.15, 0.2) is 35.0 Å². The number of aliphatic hydroxyl groups excluding tert-OH is 2. The molecule has 1 aliphatic rings. The molecule has 0 amide bonds. The average Bonchev–Trinajstić information content (AvgIpc) is 2.60. The third-order valence-corrected chi connectivity index (χ3v) is 4.05. The Hall–Kier alpha value is -2.51. The van der Waals surface area contributed by atoms with Crippen molar-refractivity contribution in [3.63, 3.8) is 0 Å². The summed E-state index contributed by atoms with van der Waals surface area (Å²) < 4.78 is 5.45. The van der Waals surface area contributed by atoms with E-state index in [9.17, 15) is 10.2 Å². The average molecular weight is 358 g/mol. The van der Waals surface area contributed by atoms with Gasteiger partial charge in [0.2, 0.25) is 0 Å². The second kappa shape index (κ2) is 9.26. The third kappa shape index (κ3) is 4.77. The molecule has 1 aliphatic carbocycles. The number of anilines is 1. The van der Waals surface area contributed by atoms with Crippen molar-refractivity contribution in [2.75, 3.05) is 37.8 Å². The lowest BCUT2D eigenvalue weighted by molar-refractivity contribution is 0.249. The summed E-state index contributed by atoms with van der Waals surface area (Å²) >= 11 is 0. The second-order valence-electron chi connectivity index (χ2n) is 5.98. The number of aliphatic imine (C=N–C) groups is 1. The molecular formula is C19H26N4O3. The summed E-state index contributed by atoms with van der Waals surface area (Å²) in [6.07, 6.45) is 1.86. The minimum Gasteiger partial charge on any atom is -0.492 e. The van der Waals surface area contributed by atoms with Crippen molar-refractivity contribution < 1.29 is 14.9 Å². The molecule has 0 aromatic heterocycles. The predicted octanol–water partition coefficient (Wildman–Crippen LogP) is 2.22. The van der Waals surface area contributed by atoms with Crippen molar-refractivity contribution >= 4 is 28.5 Å². The molecule has 1 aromatic rings. The van der Waals surface area contributed by atoms with Crippen LogP contribution in [0.5, 0.6) is 0 Å². The van der Waals surface area contributed by atoms with Gasteiger partial charge in [0, 0.05) is 31.3 Å². The zero-order valence-corrected chi connectivity index (χ0v) is 15.2. The molecule has 0 fully saturated rings. The summed E-state index contributed by atoms with van der Waals surface area (Å²) in [6, 6.07) is 5.70. The molecule has 0 bridgehead atoms. The Balaban J connectivity index is 2.32. The predicted molar refractivity (Wildman–Crippen MR) is 104 cm³/mol. The summed E-state index contributed by atoms with van der Waals surface area (Å²) in [7, 11) is 0. The van der Waals surface area contributed by atoms with Crippen molar-refractivity contribution in [1.82, 2.24) is 0 Å². The molecule has 0 saturated carbocycles. The minimum atomic E-state index is 0.0111. The van der Waals surface area contributed by atoms with E-state index in [1.807, 2.05) is 36.9 Å². The lowest BCUT2D eigenvalue weighted by Crippen LogP contribution is -2.29. The van der Waals surface area contributed by atoms with Gasteiger partial charge in [-0.25, -0.2) is 4.99 Å². The molecule has 0 radical (unpaired) electrons. The number of nitrogens with zero attached hydrogens (tertiary/aromatic N) is 2. The van der Waals surface area contributed by atoms with Crippen LogP contribution in [0.25, 0.3) is 0 Å². The first kappa shape index (κ1) is 19.8. The number of ether oxygens (including phenoxy) is 1. The summed E-state index contributed by atoms with van der Waals surface area (Å²) in [5, 5.41) is 34.4. The number of nitrogens with one attached hydrogen (secondary N) is 2. The number of rotatable bonds is 8. The fraction of sp³-hybridized carbons (Fsp3) is 0.421. The molecule has 2 rings (SSSR count). The Morgan fingerprint density at radius 1 is 1.15 bits per heavy atom. The first-order valence-corrected chi connectivity index (χ1v) is 8.66. The zero-order chi connectivity index (χ0) is 19.1. The Kier molecular flexibility index (Phi) is 7.06. The fourth-order valence-electron chi connectivity index (χ4n) is 2.74. The summed E-state index contributed by atoms with van der Waals surface area (Å²) in [5.41, 5.74) is 3.66. The van der Waals surface area contributed by atoms with Crippen LogP contribution in [-0.2, 0) is 4.74 Å². The molecule has 0 aliphatic heterocycles. The van der Waals surface area contributed by atoms with Gasteiger partial charge in [0.05, 0.1) is 42.6 Å². The maximum Gasteiger partial charge on any atom is 0.142 e. The minimum absolute atomic E-state index is 0.0111. The SMILES string of the molecule is CCOC1=CC(=Nc2ccc(N(CCO)CCO)cc2C)C(=N)CC1=N. The van der Waals surface area contributed by atoms with E-state index in [1.165, 1.54) is 0 Å². The van der Waals surface area contributed by atoms with Crippen molar-refractivity contribution in [1.29, 1.82) is 10.8 Å². The monoisotopic (exact) mass is 358 g/mol. The summed E-state index contributed by atoms with van der Waals surface area (Å²) in [4.78, 5) is 6.48. The number of aliphatic hydroxyl groups is 2. The normalized spacial score (nSPS) is 16.0. The molecule has 1 aromatic carbocycles. The number of aryl methyl sites for hydroxylation is 1. The van der Waals surface area contributed by atoms with E-state index in [0.717, 1.165) is 16.9 Å². The largest absolute Gasteiger partial charge is 0.492 e. The van der Waals surface area contributed by atoms with Crippen LogP contribution in [0.3, 0.4) is 0 Å². The Morgan fingerprint density at radius 2 is 1.85 bits per heavy atom. The van der Waals surface area contributed by atoms with Gasteiger partial charge >= 0.3 is 0 Å². The van der Waals surface area contributed by atoms with E-state index in [2.05, 4.69) is 4.99 Å². The quantitative estimate of drug-likeness (QED) is 0.570. The second-order valence-corrected chi connectivity index (χ2v) is 5.98. The van der Waals surface area contributed by atoms with Crippen LogP contribution in [0, 0.1) is 17.7 Å². The molecular weight excluding hydrogens is 332 g/mol. The standard InChI is InChI=1S/C19H26N4O3/c1-3-26-19-12-18(15(20)11-16(19)21)22-17-5-4-14(10-13(17)2)23(6-8-24)7-9-25/h4-5,10,12,20-21,24-25H,3,6-9,11H2,1-2H3. The Morgan fingerprint density at radius 3 is 2.42 bits per heavy atom. The third-order valence-electron chi connectivity index (χ3n) is 4.05. The van der Waals surface area contributed by atoms with Gasteiger partial charge in [0.1, 0.15) is 5.76 Å². The van der Waals surface area contributed by atoms with Gasteiger partial charge in [-0.1, -0.05) is 0 Å². The Bertz CT molecular complexity index is 734. The molecule has 0 heterocycles. The van der Waals surface area contributed by atoms with Crippen LogP contribution in [0.2, 0.25) is 0 Å². The molecule has 0 unspecified atom stereocenters. The van der Waals surface area contributed by atoms with E-state index in [4.69, 9.17) is 15.6 Å². The van der Waals surface area contributed by atoms with Gasteiger partial charge in [-0.3, -0.25) is 0 Å². The van der Waals surface area contributed by atoms with Gasteiger partial charge in [-0.05, 0) is 37.6 Å². The fourth-order valence-corrected chi connectivity index (χ4v) is 2.74. The van der Waals surface area contributed by atoms with Crippen LogP contribution in [-0.4, -0.2) is 60.3 Å². The van der Waals surface area contributed by atoms with Crippen LogP contribution < -0.4 is 4.90 Å². The highest BCUT2D eigenvalue weighted by atomic mass is 16.5. The lowest BCUT2D eigenvalue weighted by atomic mass is 9.99. The molecule has 7 heteroatoms. The number of hydrogen-bond donors (Lipinski definition) is 4. The number of allylic oxidation sites excluding steroid dienone is 2. The molecule has 140 valence electrons. The smallest absolute Gasteiger partial charge is 0.142 e. The number of hydrogen-bond acceptors (Lipinski definition) is 7. The lowest BCUT2D eigenvalue weighted by Gasteiger charge is -2.23. The highest BCUT2D eigenvalue weighted by Crippen LogP contribution is 2.26. The zero-order valence-electron chi connectivity index (χ0n) is 15.2. The molecule has 0 spiro atoms. The number of benzene rings is 1. The van der Waals surface area contributed by atoms with Crippen molar-refractivity contribution in [3.8, 4) is 0 Å². The van der Waals surface area contributed by atoms with Gasteiger partial charge in [0.25, 0.3) is 0 Å². The van der Waals surface area contributed by atoms with Crippen LogP contribution >= 0.6 is 0 Å². The van der Waals surface area contributed by atoms with Gasteiger partial charge in [0.15, 0.2) is 0 Å². The van der Waals surface area contributed by atoms with E-state index in [-0.39, 0.29) is 19.6 Å². The van der Waals surface area contributed by atoms with Crippen LogP contribution in [0.4, 0.5) is 11.4 Å². The highest BCUT2D eigenvalue weighted by Gasteiger charge is 2.20.